The van der Waals surface area contributed by atoms with Gasteiger partial charge in [-0.3, -0.25) is 14.5 Å². The molecule has 2 fully saturated rings. The number of fused-ring (bicyclic) bond motifs is 2. The normalized spacial score (nSPS) is 25.3. The molecule has 0 aromatic heterocycles. The van der Waals surface area contributed by atoms with Crippen molar-refractivity contribution < 1.29 is 19.1 Å². The molecule has 1 heterocycles. The van der Waals surface area contributed by atoms with Crippen LogP contribution in [0.3, 0.4) is 0 Å². The molecule has 6 heteroatoms. The lowest BCUT2D eigenvalue weighted by atomic mass is 9.55. The Morgan fingerprint density at radius 1 is 1.08 bits per heavy atom. The Labute approximate surface area is 224 Å². The van der Waals surface area contributed by atoms with Crippen molar-refractivity contribution in [2.75, 3.05) is 26.7 Å². The van der Waals surface area contributed by atoms with Crippen molar-refractivity contribution in [2.45, 2.75) is 49.7 Å². The molecule has 198 valence electrons. The second kappa shape index (κ2) is 10.6. The monoisotopic (exact) mass is 512 g/mol. The Morgan fingerprint density at radius 2 is 1.89 bits per heavy atom. The molecule has 0 unspecified atom stereocenters. The molecule has 6 nitrogen and oxygen atoms in total. The lowest BCUT2D eigenvalue weighted by molar-refractivity contribution is -0.186. The molecule has 5 rings (SSSR count). The Hall–Kier alpha value is -3.64. The molecule has 1 aliphatic heterocycles. The fourth-order valence-corrected chi connectivity index (χ4v) is 6.67. The first-order valence-electron chi connectivity index (χ1n) is 13.4. The van der Waals surface area contributed by atoms with E-state index in [2.05, 4.69) is 28.9 Å². The Kier molecular flexibility index (Phi) is 7.26. The third kappa shape index (κ3) is 4.81. The van der Waals surface area contributed by atoms with Crippen LogP contribution in [0.5, 0.6) is 5.75 Å². The van der Waals surface area contributed by atoms with Gasteiger partial charge >= 0.3 is 5.97 Å². The molecule has 0 bridgehead atoms. The number of carbonyl (C=O) groups excluding carboxylic acids is 2. The molecule has 2 aliphatic rings. The molecule has 1 amide bonds. The van der Waals surface area contributed by atoms with Crippen LogP contribution in [0.4, 0.5) is 0 Å². The highest BCUT2D eigenvalue weighted by atomic mass is 16.6. The fraction of sp³-hybridized carbons (Fsp3) is 0.375. The zero-order valence-electron chi connectivity index (χ0n) is 22.2. The van der Waals surface area contributed by atoms with Gasteiger partial charge in [0.15, 0.2) is 0 Å². The number of ether oxygens (including phenoxy) is 2. The van der Waals surface area contributed by atoms with Gasteiger partial charge in [0.25, 0.3) is 5.91 Å². The van der Waals surface area contributed by atoms with E-state index < -0.39 is 11.0 Å². The molecule has 1 aliphatic carbocycles. The van der Waals surface area contributed by atoms with E-state index in [9.17, 15) is 9.59 Å². The number of rotatable bonds is 7. The molecule has 3 aromatic carbocycles. The minimum atomic E-state index is -0.712. The minimum Gasteiger partial charge on any atom is -0.497 e. The number of nitrogens with zero attached hydrogens (tertiary/aromatic N) is 1. The molecule has 0 spiro atoms. The molecule has 1 saturated heterocycles. The zero-order valence-corrected chi connectivity index (χ0v) is 22.2. The van der Waals surface area contributed by atoms with Crippen LogP contribution in [0.2, 0.25) is 0 Å². The fourth-order valence-electron chi connectivity index (χ4n) is 6.67. The highest BCUT2D eigenvalue weighted by Crippen LogP contribution is 2.54. The summed E-state index contributed by atoms with van der Waals surface area (Å²) in [7, 11) is 1.66. The third-order valence-corrected chi connectivity index (χ3v) is 8.39. The summed E-state index contributed by atoms with van der Waals surface area (Å²) >= 11 is 0. The SMILES string of the molecule is C=CCN1CC[C@@]2(c3cccc(OC)c3)C[C@H](NC(=O)c3ccc4ccccc4c3)CC[C@]2(OC(C)=O)C1. The van der Waals surface area contributed by atoms with Crippen LogP contribution in [-0.4, -0.2) is 55.2 Å². The summed E-state index contributed by atoms with van der Waals surface area (Å²) in [5.41, 5.74) is 0.555. The maximum absolute atomic E-state index is 13.4. The number of hydrogen-bond donors (Lipinski definition) is 1. The van der Waals surface area contributed by atoms with Gasteiger partial charge in [0.05, 0.1) is 7.11 Å². The summed E-state index contributed by atoms with van der Waals surface area (Å²) < 4.78 is 11.9. The van der Waals surface area contributed by atoms with Crippen molar-refractivity contribution in [1.82, 2.24) is 10.2 Å². The molecule has 38 heavy (non-hydrogen) atoms. The number of nitrogens with one attached hydrogen (secondary N) is 1. The smallest absolute Gasteiger partial charge is 0.303 e. The largest absolute Gasteiger partial charge is 0.497 e. The predicted octanol–water partition coefficient (Wildman–Crippen LogP) is 5.26. The van der Waals surface area contributed by atoms with Crippen molar-refractivity contribution in [2.24, 2.45) is 0 Å². The first-order valence-corrected chi connectivity index (χ1v) is 13.4. The minimum absolute atomic E-state index is 0.0604. The van der Waals surface area contributed by atoms with E-state index >= 15 is 0 Å². The van der Waals surface area contributed by atoms with Gasteiger partial charge in [-0.1, -0.05) is 48.5 Å². The quantitative estimate of drug-likeness (QED) is 0.345. The van der Waals surface area contributed by atoms with E-state index in [-0.39, 0.29) is 17.9 Å². The van der Waals surface area contributed by atoms with E-state index in [0.717, 1.165) is 48.0 Å². The number of carbonyl (C=O) groups is 2. The van der Waals surface area contributed by atoms with Crippen LogP contribution in [0, 0.1) is 0 Å². The number of hydrogen-bond acceptors (Lipinski definition) is 5. The maximum Gasteiger partial charge on any atom is 0.303 e. The second-order valence-corrected chi connectivity index (χ2v) is 10.7. The predicted molar refractivity (Wildman–Crippen MR) is 149 cm³/mol. The first-order chi connectivity index (χ1) is 18.4. The van der Waals surface area contributed by atoms with Crippen molar-refractivity contribution in [3.05, 3.63) is 90.5 Å². The lowest BCUT2D eigenvalue weighted by Crippen LogP contribution is -2.68. The summed E-state index contributed by atoms with van der Waals surface area (Å²) in [6, 6.07) is 21.9. The summed E-state index contributed by atoms with van der Waals surface area (Å²) in [5, 5.41) is 5.47. The summed E-state index contributed by atoms with van der Waals surface area (Å²) in [6.07, 6.45) is 4.74. The highest BCUT2D eigenvalue weighted by Gasteiger charge is 2.60. The van der Waals surface area contributed by atoms with Gasteiger partial charge in [0, 0.05) is 37.0 Å². The van der Waals surface area contributed by atoms with Gasteiger partial charge in [0.2, 0.25) is 0 Å². The van der Waals surface area contributed by atoms with Crippen molar-refractivity contribution in [1.29, 1.82) is 0 Å². The Balaban J connectivity index is 1.49. The summed E-state index contributed by atoms with van der Waals surface area (Å²) in [5.74, 6) is 0.409. The first kappa shape index (κ1) is 26.0. The number of likely N-dealkylation sites (tertiary alicyclic amines) is 1. The number of amides is 1. The van der Waals surface area contributed by atoms with Crippen LogP contribution in [-0.2, 0) is 14.9 Å². The average Bonchev–Trinajstić information content (AvgIpc) is 2.92. The van der Waals surface area contributed by atoms with Gasteiger partial charge in [-0.25, -0.2) is 0 Å². The Bertz CT molecular complexity index is 1350. The zero-order chi connectivity index (χ0) is 26.8. The van der Waals surface area contributed by atoms with E-state index in [1.54, 1.807) is 7.11 Å². The van der Waals surface area contributed by atoms with Gasteiger partial charge < -0.3 is 14.8 Å². The van der Waals surface area contributed by atoms with E-state index in [4.69, 9.17) is 9.47 Å². The number of benzene rings is 3. The standard InChI is InChI=1S/C32H36N2O4/c1-4-17-34-18-16-31(27-10-7-11-29(20-27)37-3)21-28(14-15-32(31,22-34)38-23(2)35)33-30(36)26-13-12-24-8-5-6-9-25(24)19-26/h4-13,19-20,28H,1,14-18,21-22H2,2-3H3,(H,33,36)/t28-,31+,32+/m1/s1. The molecule has 3 aromatic rings. The van der Waals surface area contributed by atoms with E-state index in [0.29, 0.717) is 24.9 Å². The van der Waals surface area contributed by atoms with Crippen LogP contribution in [0.1, 0.15) is 48.5 Å². The lowest BCUT2D eigenvalue weighted by Gasteiger charge is -2.59. The third-order valence-electron chi connectivity index (χ3n) is 8.39. The van der Waals surface area contributed by atoms with Gasteiger partial charge in [-0.2, -0.15) is 0 Å². The Morgan fingerprint density at radius 3 is 2.66 bits per heavy atom. The summed E-state index contributed by atoms with van der Waals surface area (Å²) in [6.45, 7) is 7.62. The van der Waals surface area contributed by atoms with Crippen LogP contribution >= 0.6 is 0 Å². The maximum atomic E-state index is 13.4. The molecule has 3 atom stereocenters. The second-order valence-electron chi connectivity index (χ2n) is 10.7. The molecular formula is C32H36N2O4. The van der Waals surface area contributed by atoms with Crippen molar-refractivity contribution in [3.8, 4) is 5.75 Å². The van der Waals surface area contributed by atoms with Gasteiger partial charge in [0.1, 0.15) is 11.4 Å². The average molecular weight is 513 g/mol. The summed E-state index contributed by atoms with van der Waals surface area (Å²) in [4.78, 5) is 28.2. The van der Waals surface area contributed by atoms with E-state index in [1.165, 1.54) is 6.92 Å². The number of esters is 1. The number of piperidine rings is 1. The molecule has 1 N–H and O–H groups in total. The number of methoxy groups -OCH3 is 1. The van der Waals surface area contributed by atoms with Crippen molar-refractivity contribution in [3.63, 3.8) is 0 Å². The van der Waals surface area contributed by atoms with Crippen LogP contribution < -0.4 is 10.1 Å². The van der Waals surface area contributed by atoms with Crippen molar-refractivity contribution >= 4 is 22.6 Å². The molecule has 1 saturated carbocycles. The highest BCUT2D eigenvalue weighted by molar-refractivity contribution is 5.98. The van der Waals surface area contributed by atoms with Crippen LogP contribution in [0.25, 0.3) is 10.8 Å². The topological polar surface area (TPSA) is 67.9 Å². The van der Waals surface area contributed by atoms with Crippen LogP contribution in [0.15, 0.2) is 79.4 Å². The molecule has 0 radical (unpaired) electrons. The van der Waals surface area contributed by atoms with E-state index in [1.807, 2.05) is 60.7 Å². The van der Waals surface area contributed by atoms with Gasteiger partial charge in [-0.05, 0) is 72.8 Å². The molecular weight excluding hydrogens is 476 g/mol. The van der Waals surface area contributed by atoms with Gasteiger partial charge in [-0.15, -0.1) is 6.58 Å².